The molecular formula is C12H16BrClN2. The van der Waals surface area contributed by atoms with Crippen LogP contribution in [0.2, 0.25) is 5.02 Å². The SMILES string of the molecule is Cc1cc(Br)c(NC2CCNCC2)cc1Cl. The third-order valence-electron chi connectivity index (χ3n) is 2.95. The van der Waals surface area contributed by atoms with Crippen molar-refractivity contribution in [2.45, 2.75) is 25.8 Å². The quantitative estimate of drug-likeness (QED) is 0.873. The fraction of sp³-hybridized carbons (Fsp3) is 0.500. The summed E-state index contributed by atoms with van der Waals surface area (Å²) in [4.78, 5) is 0. The minimum absolute atomic E-state index is 0.552. The number of benzene rings is 1. The van der Waals surface area contributed by atoms with Crippen LogP contribution in [-0.4, -0.2) is 19.1 Å². The van der Waals surface area contributed by atoms with Crippen LogP contribution in [0.3, 0.4) is 0 Å². The molecule has 0 bridgehead atoms. The van der Waals surface area contributed by atoms with Crippen LogP contribution in [0.5, 0.6) is 0 Å². The van der Waals surface area contributed by atoms with E-state index in [9.17, 15) is 0 Å². The molecule has 2 rings (SSSR count). The number of rotatable bonds is 2. The maximum Gasteiger partial charge on any atom is 0.0501 e. The molecule has 2 N–H and O–H groups in total. The maximum absolute atomic E-state index is 6.13. The highest BCUT2D eigenvalue weighted by molar-refractivity contribution is 9.10. The molecule has 0 amide bonds. The summed E-state index contributed by atoms with van der Waals surface area (Å²) in [7, 11) is 0. The molecule has 0 saturated carbocycles. The largest absolute Gasteiger partial charge is 0.381 e. The van der Waals surface area contributed by atoms with Gasteiger partial charge in [-0.25, -0.2) is 0 Å². The van der Waals surface area contributed by atoms with Crippen molar-refractivity contribution < 1.29 is 0 Å². The lowest BCUT2D eigenvalue weighted by molar-refractivity contribution is 0.479. The van der Waals surface area contributed by atoms with Crippen LogP contribution in [0.15, 0.2) is 16.6 Å². The third kappa shape index (κ3) is 2.90. The Bertz CT molecular complexity index is 376. The molecule has 1 heterocycles. The number of hydrogen-bond acceptors (Lipinski definition) is 2. The number of halogens is 2. The van der Waals surface area contributed by atoms with Crippen molar-refractivity contribution in [3.8, 4) is 0 Å². The molecule has 1 fully saturated rings. The first-order valence-electron chi connectivity index (χ1n) is 5.59. The fourth-order valence-electron chi connectivity index (χ4n) is 1.94. The van der Waals surface area contributed by atoms with Crippen LogP contribution in [-0.2, 0) is 0 Å². The minimum Gasteiger partial charge on any atom is -0.381 e. The maximum atomic E-state index is 6.13. The summed E-state index contributed by atoms with van der Waals surface area (Å²) in [6.07, 6.45) is 2.33. The summed E-state index contributed by atoms with van der Waals surface area (Å²) in [6, 6.07) is 4.62. The topological polar surface area (TPSA) is 24.1 Å². The monoisotopic (exact) mass is 302 g/mol. The van der Waals surface area contributed by atoms with Gasteiger partial charge in [-0.1, -0.05) is 11.6 Å². The second-order valence-corrected chi connectivity index (χ2v) is 5.51. The van der Waals surface area contributed by atoms with Gasteiger partial charge in [0, 0.05) is 15.5 Å². The number of nitrogens with one attached hydrogen (secondary N) is 2. The Morgan fingerprint density at radius 2 is 2.06 bits per heavy atom. The number of anilines is 1. The molecule has 88 valence electrons. The molecule has 0 spiro atoms. The minimum atomic E-state index is 0.552. The van der Waals surface area contributed by atoms with E-state index in [1.165, 1.54) is 0 Å². The predicted octanol–water partition coefficient (Wildman–Crippen LogP) is 3.57. The van der Waals surface area contributed by atoms with Gasteiger partial charge in [0.1, 0.15) is 0 Å². The summed E-state index contributed by atoms with van der Waals surface area (Å²) < 4.78 is 1.09. The smallest absolute Gasteiger partial charge is 0.0501 e. The molecule has 0 radical (unpaired) electrons. The highest BCUT2D eigenvalue weighted by Gasteiger charge is 2.14. The second-order valence-electron chi connectivity index (χ2n) is 4.25. The lowest BCUT2D eigenvalue weighted by Crippen LogP contribution is -2.35. The first kappa shape index (κ1) is 12.2. The zero-order chi connectivity index (χ0) is 11.5. The van der Waals surface area contributed by atoms with Gasteiger partial charge in [-0.3, -0.25) is 0 Å². The molecule has 0 aromatic heterocycles. The fourth-order valence-corrected chi connectivity index (χ4v) is 2.68. The lowest BCUT2D eigenvalue weighted by Gasteiger charge is -2.25. The van der Waals surface area contributed by atoms with Gasteiger partial charge in [-0.05, 0) is 66.5 Å². The zero-order valence-corrected chi connectivity index (χ0v) is 11.7. The molecule has 0 unspecified atom stereocenters. The number of hydrogen-bond donors (Lipinski definition) is 2. The van der Waals surface area contributed by atoms with Gasteiger partial charge in [-0.15, -0.1) is 0 Å². The van der Waals surface area contributed by atoms with E-state index in [4.69, 9.17) is 11.6 Å². The van der Waals surface area contributed by atoms with E-state index in [0.29, 0.717) is 6.04 Å². The molecule has 1 aliphatic heterocycles. The molecule has 1 aromatic carbocycles. The van der Waals surface area contributed by atoms with Crippen molar-refractivity contribution in [1.82, 2.24) is 5.32 Å². The Labute approximate surface area is 110 Å². The Kier molecular flexibility index (Phi) is 4.11. The Hall–Kier alpha value is -0.250. The molecule has 1 aromatic rings. The van der Waals surface area contributed by atoms with Crippen molar-refractivity contribution in [3.63, 3.8) is 0 Å². The van der Waals surface area contributed by atoms with Gasteiger partial charge in [0.25, 0.3) is 0 Å². The van der Waals surface area contributed by atoms with Gasteiger partial charge >= 0.3 is 0 Å². The second kappa shape index (κ2) is 5.39. The Balaban J connectivity index is 2.11. The summed E-state index contributed by atoms with van der Waals surface area (Å²) in [5.41, 5.74) is 2.20. The highest BCUT2D eigenvalue weighted by Crippen LogP contribution is 2.30. The van der Waals surface area contributed by atoms with Crippen LogP contribution in [0.4, 0.5) is 5.69 Å². The average molecular weight is 304 g/mol. The first-order valence-corrected chi connectivity index (χ1v) is 6.77. The summed E-state index contributed by atoms with van der Waals surface area (Å²) in [5, 5.41) is 7.72. The summed E-state index contributed by atoms with van der Waals surface area (Å²) in [5.74, 6) is 0. The molecule has 16 heavy (non-hydrogen) atoms. The Morgan fingerprint density at radius 3 is 2.75 bits per heavy atom. The average Bonchev–Trinajstić information content (AvgIpc) is 2.27. The van der Waals surface area contributed by atoms with E-state index in [1.54, 1.807) is 0 Å². The van der Waals surface area contributed by atoms with Crippen LogP contribution in [0.1, 0.15) is 18.4 Å². The normalized spacial score (nSPS) is 17.4. The molecular weight excluding hydrogens is 288 g/mol. The van der Waals surface area contributed by atoms with Gasteiger partial charge in [0.05, 0.1) is 5.69 Å². The van der Waals surface area contributed by atoms with E-state index in [2.05, 4.69) is 32.6 Å². The van der Waals surface area contributed by atoms with Gasteiger partial charge in [0.2, 0.25) is 0 Å². The van der Waals surface area contributed by atoms with Gasteiger partial charge < -0.3 is 10.6 Å². The van der Waals surface area contributed by atoms with Gasteiger partial charge in [-0.2, -0.15) is 0 Å². The number of piperidine rings is 1. The van der Waals surface area contributed by atoms with Crippen molar-refractivity contribution in [3.05, 3.63) is 27.2 Å². The Morgan fingerprint density at radius 1 is 1.38 bits per heavy atom. The van der Waals surface area contributed by atoms with E-state index in [0.717, 1.165) is 46.7 Å². The molecule has 2 nitrogen and oxygen atoms in total. The van der Waals surface area contributed by atoms with E-state index in [-0.39, 0.29) is 0 Å². The van der Waals surface area contributed by atoms with Crippen molar-refractivity contribution in [2.75, 3.05) is 18.4 Å². The molecule has 1 aliphatic rings. The van der Waals surface area contributed by atoms with Crippen molar-refractivity contribution in [2.24, 2.45) is 0 Å². The third-order valence-corrected chi connectivity index (χ3v) is 4.01. The van der Waals surface area contributed by atoms with Crippen molar-refractivity contribution in [1.29, 1.82) is 0 Å². The van der Waals surface area contributed by atoms with E-state index < -0.39 is 0 Å². The molecule has 0 aliphatic carbocycles. The van der Waals surface area contributed by atoms with Crippen LogP contribution in [0.25, 0.3) is 0 Å². The summed E-state index contributed by atoms with van der Waals surface area (Å²) >= 11 is 9.70. The standard InChI is InChI=1S/C12H16BrClN2/c1-8-6-10(13)12(7-11(8)14)16-9-2-4-15-5-3-9/h6-7,9,15-16H,2-5H2,1H3. The predicted molar refractivity (Wildman–Crippen MR) is 73.4 cm³/mol. The van der Waals surface area contributed by atoms with Crippen molar-refractivity contribution >= 4 is 33.2 Å². The lowest BCUT2D eigenvalue weighted by atomic mass is 10.1. The highest BCUT2D eigenvalue weighted by atomic mass is 79.9. The zero-order valence-electron chi connectivity index (χ0n) is 9.32. The molecule has 1 saturated heterocycles. The van der Waals surface area contributed by atoms with Crippen LogP contribution in [0, 0.1) is 6.92 Å². The first-order chi connectivity index (χ1) is 7.66. The van der Waals surface area contributed by atoms with Crippen LogP contribution < -0.4 is 10.6 Å². The van der Waals surface area contributed by atoms with E-state index in [1.807, 2.05) is 13.0 Å². The summed E-state index contributed by atoms with van der Waals surface area (Å²) in [6.45, 7) is 4.20. The number of aryl methyl sites for hydroxylation is 1. The molecule has 4 heteroatoms. The van der Waals surface area contributed by atoms with Crippen LogP contribution >= 0.6 is 27.5 Å². The van der Waals surface area contributed by atoms with E-state index >= 15 is 0 Å². The molecule has 0 atom stereocenters. The van der Waals surface area contributed by atoms with Gasteiger partial charge in [0.15, 0.2) is 0 Å².